The maximum Gasteiger partial charge on any atom is 0.322 e. The summed E-state index contributed by atoms with van der Waals surface area (Å²) in [7, 11) is 1.49. The summed E-state index contributed by atoms with van der Waals surface area (Å²) in [6.07, 6.45) is 1.09. The molecule has 1 heterocycles. The van der Waals surface area contributed by atoms with Crippen molar-refractivity contribution in [2.45, 2.75) is 20.3 Å². The highest BCUT2D eigenvalue weighted by atomic mass is 16.5. The minimum atomic E-state index is 0.231. The summed E-state index contributed by atoms with van der Waals surface area (Å²) in [5, 5.41) is 3.11. The molecule has 1 unspecified atom stereocenters. The molecule has 1 aromatic rings. The first kappa shape index (κ1) is 12.4. The average Bonchev–Trinajstić information content (AvgIpc) is 2.35. The van der Waals surface area contributed by atoms with Crippen molar-refractivity contribution in [1.29, 1.82) is 0 Å². The van der Waals surface area contributed by atoms with E-state index in [9.17, 15) is 0 Å². The smallest absolute Gasteiger partial charge is 0.322 e. The largest absolute Gasteiger partial charge is 0.467 e. The second kappa shape index (κ2) is 6.06. The molecule has 16 heavy (non-hydrogen) atoms. The third kappa shape index (κ3) is 3.50. The van der Waals surface area contributed by atoms with Crippen molar-refractivity contribution < 1.29 is 4.74 Å². The summed E-state index contributed by atoms with van der Waals surface area (Å²) in [6, 6.07) is 0.231. The fourth-order valence-corrected chi connectivity index (χ4v) is 1.00. The number of nitrogens with zero attached hydrogens (tertiary/aromatic N) is 3. The van der Waals surface area contributed by atoms with Crippen molar-refractivity contribution in [2.24, 2.45) is 11.8 Å². The molecular weight excluding hydrogens is 208 g/mol. The van der Waals surface area contributed by atoms with Gasteiger partial charge >= 0.3 is 6.01 Å². The highest BCUT2D eigenvalue weighted by Gasteiger charge is 2.06. The topological polar surface area (TPSA) is 98.0 Å². The first-order chi connectivity index (χ1) is 7.69. The van der Waals surface area contributed by atoms with Gasteiger partial charge < -0.3 is 10.1 Å². The van der Waals surface area contributed by atoms with E-state index in [-0.39, 0.29) is 12.0 Å². The molecule has 1 atom stereocenters. The van der Waals surface area contributed by atoms with Gasteiger partial charge in [0.15, 0.2) is 0 Å². The van der Waals surface area contributed by atoms with Crippen molar-refractivity contribution in [3.8, 4) is 6.01 Å². The van der Waals surface area contributed by atoms with Gasteiger partial charge in [-0.25, -0.2) is 5.84 Å². The zero-order valence-electron chi connectivity index (χ0n) is 9.82. The van der Waals surface area contributed by atoms with E-state index >= 15 is 0 Å². The van der Waals surface area contributed by atoms with Gasteiger partial charge in [0.1, 0.15) is 0 Å². The second-order valence-electron chi connectivity index (χ2n) is 3.51. The normalized spacial score (nSPS) is 12.0. The number of ether oxygens (including phenoxy) is 1. The standard InChI is InChI=1S/C9H18N6O/c1-4-6(2)5-11-7-12-8(15-10)14-9(13-7)16-3/h6H,4-5,10H2,1-3H3,(H2,11,12,13,14,15). The van der Waals surface area contributed by atoms with E-state index in [2.05, 4.69) is 39.5 Å². The fourth-order valence-electron chi connectivity index (χ4n) is 1.00. The lowest BCUT2D eigenvalue weighted by Gasteiger charge is -2.11. The molecule has 4 N–H and O–H groups in total. The molecule has 0 aromatic carbocycles. The van der Waals surface area contributed by atoms with Gasteiger partial charge in [-0.3, -0.25) is 5.43 Å². The summed E-state index contributed by atoms with van der Waals surface area (Å²) in [4.78, 5) is 12.0. The maximum atomic E-state index is 5.24. The Hall–Kier alpha value is -1.63. The number of nitrogen functional groups attached to an aromatic ring is 1. The minimum absolute atomic E-state index is 0.231. The molecule has 7 nitrogen and oxygen atoms in total. The van der Waals surface area contributed by atoms with E-state index in [4.69, 9.17) is 10.6 Å². The second-order valence-corrected chi connectivity index (χ2v) is 3.51. The van der Waals surface area contributed by atoms with Crippen LogP contribution in [0.1, 0.15) is 20.3 Å². The molecule has 90 valence electrons. The van der Waals surface area contributed by atoms with Crippen molar-refractivity contribution in [1.82, 2.24) is 15.0 Å². The van der Waals surface area contributed by atoms with Crippen LogP contribution in [0.5, 0.6) is 6.01 Å². The molecule has 0 bridgehead atoms. The Kier molecular flexibility index (Phi) is 4.71. The maximum absolute atomic E-state index is 5.24. The zero-order chi connectivity index (χ0) is 12.0. The minimum Gasteiger partial charge on any atom is -0.467 e. The monoisotopic (exact) mass is 226 g/mol. The summed E-state index contributed by atoms with van der Waals surface area (Å²) in [5.74, 6) is 6.53. The number of hydrogen-bond acceptors (Lipinski definition) is 7. The zero-order valence-corrected chi connectivity index (χ0v) is 9.82. The summed E-state index contributed by atoms with van der Waals surface area (Å²) < 4.78 is 4.93. The van der Waals surface area contributed by atoms with Crippen LogP contribution in [-0.2, 0) is 0 Å². The van der Waals surface area contributed by atoms with Gasteiger partial charge in [0, 0.05) is 6.54 Å². The summed E-state index contributed by atoms with van der Waals surface area (Å²) in [6.45, 7) is 5.08. The van der Waals surface area contributed by atoms with Gasteiger partial charge in [0.25, 0.3) is 0 Å². The Balaban J connectivity index is 2.71. The highest BCUT2D eigenvalue weighted by Crippen LogP contribution is 2.10. The number of methoxy groups -OCH3 is 1. The van der Waals surface area contributed by atoms with Crippen LogP contribution >= 0.6 is 0 Å². The summed E-state index contributed by atoms with van der Waals surface area (Å²) >= 11 is 0. The van der Waals surface area contributed by atoms with E-state index in [1.807, 2.05) is 0 Å². The van der Waals surface area contributed by atoms with Gasteiger partial charge in [-0.2, -0.15) is 15.0 Å². The van der Waals surface area contributed by atoms with Crippen LogP contribution in [0.25, 0.3) is 0 Å². The summed E-state index contributed by atoms with van der Waals surface area (Å²) in [5.41, 5.74) is 2.36. The Bertz CT molecular complexity index is 310. The Morgan fingerprint density at radius 3 is 2.56 bits per heavy atom. The molecule has 0 saturated heterocycles. The third-order valence-electron chi connectivity index (χ3n) is 2.23. The number of anilines is 2. The lowest BCUT2D eigenvalue weighted by molar-refractivity contribution is 0.379. The van der Waals surface area contributed by atoms with Crippen LogP contribution in [-0.4, -0.2) is 28.6 Å². The number of nitrogens with one attached hydrogen (secondary N) is 2. The van der Waals surface area contributed by atoms with Crippen molar-refractivity contribution in [3.05, 3.63) is 0 Å². The van der Waals surface area contributed by atoms with Gasteiger partial charge in [0.05, 0.1) is 7.11 Å². The molecule has 1 aromatic heterocycles. The van der Waals surface area contributed by atoms with E-state index in [1.54, 1.807) is 0 Å². The molecule has 0 fully saturated rings. The fraction of sp³-hybridized carbons (Fsp3) is 0.667. The van der Waals surface area contributed by atoms with Gasteiger partial charge in [-0.1, -0.05) is 20.3 Å². The van der Waals surface area contributed by atoms with Crippen molar-refractivity contribution in [2.75, 3.05) is 24.4 Å². The van der Waals surface area contributed by atoms with Crippen LogP contribution in [0.3, 0.4) is 0 Å². The molecule has 0 amide bonds. The van der Waals surface area contributed by atoms with Crippen LogP contribution in [0, 0.1) is 5.92 Å². The molecular formula is C9H18N6O. The Labute approximate surface area is 94.8 Å². The molecule has 0 saturated carbocycles. The average molecular weight is 226 g/mol. The predicted molar refractivity (Wildman–Crippen MR) is 62.1 cm³/mol. The lowest BCUT2D eigenvalue weighted by Crippen LogP contribution is -2.16. The third-order valence-corrected chi connectivity index (χ3v) is 2.23. The molecule has 1 rings (SSSR count). The van der Waals surface area contributed by atoms with Crippen LogP contribution < -0.4 is 21.3 Å². The molecule has 0 aliphatic heterocycles. The Morgan fingerprint density at radius 1 is 1.31 bits per heavy atom. The number of rotatable bonds is 6. The molecule has 7 heteroatoms. The van der Waals surface area contributed by atoms with E-state index in [0.717, 1.165) is 13.0 Å². The molecule has 0 aliphatic rings. The lowest BCUT2D eigenvalue weighted by atomic mass is 10.1. The van der Waals surface area contributed by atoms with Crippen LogP contribution in [0.4, 0.5) is 11.9 Å². The number of hydrogen-bond donors (Lipinski definition) is 3. The van der Waals surface area contributed by atoms with Gasteiger partial charge in [-0.05, 0) is 5.92 Å². The first-order valence-corrected chi connectivity index (χ1v) is 5.20. The van der Waals surface area contributed by atoms with Gasteiger partial charge in [-0.15, -0.1) is 0 Å². The molecule has 0 radical (unpaired) electrons. The van der Waals surface area contributed by atoms with Crippen molar-refractivity contribution >= 4 is 11.9 Å². The Morgan fingerprint density at radius 2 is 2.00 bits per heavy atom. The number of nitrogens with two attached hydrogens (primary N) is 1. The quantitative estimate of drug-likeness (QED) is 0.483. The first-order valence-electron chi connectivity index (χ1n) is 5.20. The number of aromatic nitrogens is 3. The highest BCUT2D eigenvalue weighted by molar-refractivity contribution is 5.34. The van der Waals surface area contributed by atoms with Gasteiger partial charge in [0.2, 0.25) is 11.9 Å². The van der Waals surface area contributed by atoms with E-state index < -0.39 is 0 Å². The van der Waals surface area contributed by atoms with E-state index in [0.29, 0.717) is 11.9 Å². The van der Waals surface area contributed by atoms with E-state index in [1.165, 1.54) is 7.11 Å². The van der Waals surface area contributed by atoms with Crippen molar-refractivity contribution in [3.63, 3.8) is 0 Å². The van der Waals surface area contributed by atoms with Crippen LogP contribution in [0.2, 0.25) is 0 Å². The van der Waals surface area contributed by atoms with Crippen LogP contribution in [0.15, 0.2) is 0 Å². The number of hydrazine groups is 1. The molecule has 0 aliphatic carbocycles. The SMILES string of the molecule is CCC(C)CNc1nc(NN)nc(OC)n1. The molecule has 0 spiro atoms. The predicted octanol–water partition coefficient (Wildman–Crippen LogP) is 0.624.